The summed E-state index contributed by atoms with van der Waals surface area (Å²) in [7, 11) is 5.09. The molecule has 1 fully saturated rings. The molecule has 0 saturated carbocycles. The highest BCUT2D eigenvalue weighted by Crippen LogP contribution is 2.42. The predicted molar refractivity (Wildman–Crippen MR) is 107 cm³/mol. The van der Waals surface area contributed by atoms with E-state index in [9.17, 15) is 0 Å². The SMILES string of the molecule is CCCC[C@@H](c1c(OC)cc(OC)cc1OC)N1CCNCC1.Cl.Cl. The van der Waals surface area contributed by atoms with Gasteiger partial charge in [0.1, 0.15) is 17.2 Å². The monoisotopic (exact) mass is 394 g/mol. The number of methoxy groups -OCH3 is 3. The maximum atomic E-state index is 5.68. The molecule has 1 N–H and O–H groups in total. The lowest BCUT2D eigenvalue weighted by molar-refractivity contribution is 0.157. The molecule has 7 heteroatoms. The van der Waals surface area contributed by atoms with Gasteiger partial charge < -0.3 is 19.5 Å². The van der Waals surface area contributed by atoms with Gasteiger partial charge in [0.05, 0.1) is 26.9 Å². The number of hydrogen-bond donors (Lipinski definition) is 1. The molecule has 0 spiro atoms. The van der Waals surface area contributed by atoms with Crippen LogP contribution in [-0.4, -0.2) is 52.4 Å². The van der Waals surface area contributed by atoms with E-state index in [0.717, 1.165) is 55.4 Å². The van der Waals surface area contributed by atoms with Crippen molar-refractivity contribution in [1.82, 2.24) is 10.2 Å². The van der Waals surface area contributed by atoms with Crippen LogP contribution in [0, 0.1) is 0 Å². The minimum Gasteiger partial charge on any atom is -0.496 e. The first-order valence-electron chi connectivity index (χ1n) is 8.49. The Labute approximate surface area is 164 Å². The number of piperazine rings is 1. The van der Waals surface area contributed by atoms with E-state index in [-0.39, 0.29) is 24.8 Å². The van der Waals surface area contributed by atoms with Crippen molar-refractivity contribution in [3.8, 4) is 17.2 Å². The third-order valence-electron chi connectivity index (χ3n) is 4.51. The summed E-state index contributed by atoms with van der Waals surface area (Å²) in [5.41, 5.74) is 1.14. The molecule has 0 aliphatic carbocycles. The Balaban J connectivity index is 0.00000288. The predicted octanol–water partition coefficient (Wildman–Crippen LogP) is 3.69. The van der Waals surface area contributed by atoms with E-state index >= 15 is 0 Å². The van der Waals surface area contributed by atoms with Crippen molar-refractivity contribution in [2.45, 2.75) is 32.2 Å². The zero-order chi connectivity index (χ0) is 16.7. The van der Waals surface area contributed by atoms with Crippen LogP contribution in [0.3, 0.4) is 0 Å². The number of hydrogen-bond acceptors (Lipinski definition) is 5. The lowest BCUT2D eigenvalue weighted by Gasteiger charge is -2.36. The zero-order valence-electron chi connectivity index (χ0n) is 15.7. The fraction of sp³-hybridized carbons (Fsp3) is 0.667. The molecule has 1 aromatic rings. The van der Waals surface area contributed by atoms with Crippen molar-refractivity contribution >= 4 is 24.8 Å². The Morgan fingerprint density at radius 2 is 1.56 bits per heavy atom. The molecule has 5 nitrogen and oxygen atoms in total. The van der Waals surface area contributed by atoms with Gasteiger partial charge in [-0.15, -0.1) is 24.8 Å². The van der Waals surface area contributed by atoms with Crippen LogP contribution in [0.25, 0.3) is 0 Å². The van der Waals surface area contributed by atoms with E-state index in [1.54, 1.807) is 21.3 Å². The lowest BCUT2D eigenvalue weighted by Crippen LogP contribution is -2.45. The molecule has 0 amide bonds. The molecule has 0 radical (unpaired) electrons. The van der Waals surface area contributed by atoms with E-state index in [4.69, 9.17) is 14.2 Å². The molecule has 0 unspecified atom stereocenters. The molecule has 1 saturated heterocycles. The Morgan fingerprint density at radius 3 is 2.00 bits per heavy atom. The van der Waals surface area contributed by atoms with Crippen LogP contribution >= 0.6 is 24.8 Å². The number of ether oxygens (including phenoxy) is 3. The standard InChI is InChI=1S/C18H30N2O3.2ClH/c1-5-6-7-15(20-10-8-19-9-11-20)18-16(22-3)12-14(21-2)13-17(18)23-4;;/h12-13,15,19H,5-11H2,1-4H3;2*1H/t15-;;/m0../s1. The summed E-state index contributed by atoms with van der Waals surface area (Å²) < 4.78 is 16.7. The van der Waals surface area contributed by atoms with Gasteiger partial charge in [0.2, 0.25) is 0 Å². The fourth-order valence-electron chi connectivity index (χ4n) is 3.26. The second-order valence-corrected chi connectivity index (χ2v) is 5.89. The fourth-order valence-corrected chi connectivity index (χ4v) is 3.26. The van der Waals surface area contributed by atoms with Gasteiger partial charge in [0.15, 0.2) is 0 Å². The van der Waals surface area contributed by atoms with Gasteiger partial charge >= 0.3 is 0 Å². The van der Waals surface area contributed by atoms with Crippen LogP contribution in [0.2, 0.25) is 0 Å². The summed E-state index contributed by atoms with van der Waals surface area (Å²) in [5.74, 6) is 2.46. The zero-order valence-corrected chi connectivity index (χ0v) is 17.3. The van der Waals surface area contributed by atoms with Gasteiger partial charge in [-0.05, 0) is 6.42 Å². The van der Waals surface area contributed by atoms with E-state index < -0.39 is 0 Å². The maximum absolute atomic E-state index is 5.68. The topological polar surface area (TPSA) is 43.0 Å². The number of halogens is 2. The number of nitrogens with one attached hydrogen (secondary N) is 1. The summed E-state index contributed by atoms with van der Waals surface area (Å²) in [6.07, 6.45) is 3.48. The van der Waals surface area contributed by atoms with Crippen molar-refractivity contribution < 1.29 is 14.2 Å². The van der Waals surface area contributed by atoms with Crippen molar-refractivity contribution in [2.24, 2.45) is 0 Å². The molecular formula is C18H32Cl2N2O3. The number of benzene rings is 1. The first-order chi connectivity index (χ1) is 11.2. The van der Waals surface area contributed by atoms with Gasteiger partial charge in [-0.1, -0.05) is 19.8 Å². The van der Waals surface area contributed by atoms with Gasteiger partial charge in [-0.2, -0.15) is 0 Å². The average molecular weight is 395 g/mol. The summed E-state index contributed by atoms with van der Waals surface area (Å²) in [5, 5.41) is 3.43. The van der Waals surface area contributed by atoms with Crippen LogP contribution in [0.1, 0.15) is 37.8 Å². The van der Waals surface area contributed by atoms with Crippen LogP contribution in [-0.2, 0) is 0 Å². The van der Waals surface area contributed by atoms with Gasteiger partial charge in [0.25, 0.3) is 0 Å². The largest absolute Gasteiger partial charge is 0.496 e. The number of nitrogens with zero attached hydrogens (tertiary/aromatic N) is 1. The molecule has 1 aromatic carbocycles. The smallest absolute Gasteiger partial charge is 0.131 e. The first-order valence-corrected chi connectivity index (χ1v) is 8.49. The highest BCUT2D eigenvalue weighted by Gasteiger charge is 2.28. The Kier molecular flexibility index (Phi) is 12.0. The van der Waals surface area contributed by atoms with Gasteiger partial charge in [-0.25, -0.2) is 0 Å². The minimum atomic E-state index is 0. The van der Waals surface area contributed by atoms with E-state index in [1.807, 2.05) is 12.1 Å². The first kappa shape index (κ1) is 24.1. The molecule has 1 heterocycles. The lowest BCUT2D eigenvalue weighted by atomic mass is 9.96. The van der Waals surface area contributed by atoms with E-state index in [1.165, 1.54) is 12.8 Å². The maximum Gasteiger partial charge on any atom is 0.131 e. The second-order valence-electron chi connectivity index (χ2n) is 5.89. The highest BCUT2D eigenvalue weighted by molar-refractivity contribution is 5.85. The molecule has 1 atom stereocenters. The van der Waals surface area contributed by atoms with Crippen molar-refractivity contribution in [3.05, 3.63) is 17.7 Å². The second kappa shape index (κ2) is 12.5. The molecule has 1 aliphatic heterocycles. The normalized spacial score (nSPS) is 15.5. The van der Waals surface area contributed by atoms with Gasteiger partial charge in [0, 0.05) is 44.4 Å². The highest BCUT2D eigenvalue weighted by atomic mass is 35.5. The van der Waals surface area contributed by atoms with Crippen LogP contribution < -0.4 is 19.5 Å². The van der Waals surface area contributed by atoms with Crippen molar-refractivity contribution in [2.75, 3.05) is 47.5 Å². The molecular weight excluding hydrogens is 363 g/mol. The molecule has 2 rings (SSSR count). The number of rotatable bonds is 8. The number of unbranched alkanes of at least 4 members (excludes halogenated alkanes) is 1. The summed E-state index contributed by atoms with van der Waals surface area (Å²) >= 11 is 0. The summed E-state index contributed by atoms with van der Waals surface area (Å²) in [6.45, 7) is 6.39. The third-order valence-corrected chi connectivity index (χ3v) is 4.51. The Hall–Kier alpha value is -0.880. The average Bonchev–Trinajstić information content (AvgIpc) is 2.62. The molecule has 1 aliphatic rings. The molecule has 25 heavy (non-hydrogen) atoms. The molecule has 0 aromatic heterocycles. The van der Waals surface area contributed by atoms with Gasteiger partial charge in [-0.3, -0.25) is 4.90 Å². The summed E-state index contributed by atoms with van der Waals surface area (Å²) in [6, 6.07) is 4.23. The van der Waals surface area contributed by atoms with E-state index in [0.29, 0.717) is 6.04 Å². The third kappa shape index (κ3) is 6.10. The molecule has 0 bridgehead atoms. The van der Waals surface area contributed by atoms with Crippen LogP contribution in [0.5, 0.6) is 17.2 Å². The Morgan fingerprint density at radius 1 is 1.00 bits per heavy atom. The van der Waals surface area contributed by atoms with E-state index in [2.05, 4.69) is 17.1 Å². The summed E-state index contributed by atoms with van der Waals surface area (Å²) in [4.78, 5) is 2.54. The van der Waals surface area contributed by atoms with Crippen molar-refractivity contribution in [3.63, 3.8) is 0 Å². The quantitative estimate of drug-likeness (QED) is 0.727. The van der Waals surface area contributed by atoms with Crippen LogP contribution in [0.4, 0.5) is 0 Å². The Bertz CT molecular complexity index is 472. The van der Waals surface area contributed by atoms with Crippen molar-refractivity contribution in [1.29, 1.82) is 0 Å². The molecule has 146 valence electrons. The van der Waals surface area contributed by atoms with Crippen LogP contribution in [0.15, 0.2) is 12.1 Å². The minimum absolute atomic E-state index is 0.